The van der Waals surface area contributed by atoms with Crippen LogP contribution in [0.25, 0.3) is 0 Å². The van der Waals surface area contributed by atoms with Crippen LogP contribution in [0.2, 0.25) is 0 Å². The molecule has 0 bridgehead atoms. The monoisotopic (exact) mass is 333 g/mol. The zero-order chi connectivity index (χ0) is 17.4. The summed E-state index contributed by atoms with van der Waals surface area (Å²) in [7, 11) is 6.26. The van der Waals surface area contributed by atoms with E-state index in [1.54, 1.807) is 0 Å². The van der Waals surface area contributed by atoms with Crippen molar-refractivity contribution in [2.45, 2.75) is 13.0 Å². The summed E-state index contributed by atoms with van der Waals surface area (Å²) in [4.78, 5) is 25.7. The Bertz CT molecular complexity index is 485. The van der Waals surface area contributed by atoms with Gasteiger partial charge in [-0.05, 0) is 33.3 Å². The molecule has 0 atom stereocenters. The van der Waals surface area contributed by atoms with Crippen molar-refractivity contribution in [2.24, 2.45) is 0 Å². The van der Waals surface area contributed by atoms with Gasteiger partial charge in [-0.25, -0.2) is 0 Å². The first kappa shape index (κ1) is 18.8. The molecule has 1 aliphatic heterocycles. The SMILES string of the molecule is CN(C)CCN(CCC(=O)N1CCN(C)CC1)Cc1ccccn1. The highest BCUT2D eigenvalue weighted by Crippen LogP contribution is 2.06. The van der Waals surface area contributed by atoms with Gasteiger partial charge in [0.1, 0.15) is 0 Å². The molecule has 0 aliphatic carbocycles. The van der Waals surface area contributed by atoms with Gasteiger partial charge in [-0.3, -0.25) is 14.7 Å². The lowest BCUT2D eigenvalue weighted by molar-refractivity contribution is -0.133. The maximum absolute atomic E-state index is 12.5. The van der Waals surface area contributed by atoms with Crippen molar-refractivity contribution < 1.29 is 4.79 Å². The third kappa shape index (κ3) is 6.55. The van der Waals surface area contributed by atoms with E-state index in [1.807, 2.05) is 29.3 Å². The second-order valence-electron chi connectivity index (χ2n) is 6.83. The second kappa shape index (κ2) is 9.71. The van der Waals surface area contributed by atoms with Crippen LogP contribution in [-0.2, 0) is 11.3 Å². The molecule has 6 nitrogen and oxygen atoms in total. The average Bonchev–Trinajstić information content (AvgIpc) is 2.58. The molecule has 2 heterocycles. The van der Waals surface area contributed by atoms with E-state index in [1.165, 1.54) is 0 Å². The molecule has 6 heteroatoms. The summed E-state index contributed by atoms with van der Waals surface area (Å²) in [5.41, 5.74) is 1.06. The van der Waals surface area contributed by atoms with Gasteiger partial charge in [-0.2, -0.15) is 0 Å². The highest BCUT2D eigenvalue weighted by Gasteiger charge is 2.19. The molecule has 0 radical (unpaired) electrons. The number of rotatable bonds is 8. The minimum atomic E-state index is 0.277. The second-order valence-corrected chi connectivity index (χ2v) is 6.83. The molecule has 1 saturated heterocycles. The van der Waals surface area contributed by atoms with Gasteiger partial charge < -0.3 is 14.7 Å². The van der Waals surface area contributed by atoms with Crippen LogP contribution in [-0.4, -0.2) is 97.4 Å². The molecule has 0 unspecified atom stereocenters. The molecule has 1 aromatic rings. The average molecular weight is 333 g/mol. The number of nitrogens with zero attached hydrogens (tertiary/aromatic N) is 5. The zero-order valence-corrected chi connectivity index (χ0v) is 15.3. The molecule has 1 aromatic heterocycles. The molecular formula is C18H31N5O. The Morgan fingerprint density at radius 1 is 1.12 bits per heavy atom. The topological polar surface area (TPSA) is 42.9 Å². The fourth-order valence-corrected chi connectivity index (χ4v) is 2.80. The third-order valence-electron chi connectivity index (χ3n) is 4.47. The zero-order valence-electron chi connectivity index (χ0n) is 15.3. The third-order valence-corrected chi connectivity index (χ3v) is 4.47. The van der Waals surface area contributed by atoms with Crippen LogP contribution < -0.4 is 0 Å². The van der Waals surface area contributed by atoms with Crippen LogP contribution in [0.15, 0.2) is 24.4 Å². The highest BCUT2D eigenvalue weighted by molar-refractivity contribution is 5.76. The lowest BCUT2D eigenvalue weighted by atomic mass is 10.2. The summed E-state index contributed by atoms with van der Waals surface area (Å²) in [5, 5.41) is 0. The van der Waals surface area contributed by atoms with Gasteiger partial charge in [-0.1, -0.05) is 6.07 Å². The maximum atomic E-state index is 12.5. The summed E-state index contributed by atoms with van der Waals surface area (Å²) in [5.74, 6) is 0.277. The van der Waals surface area contributed by atoms with Crippen molar-refractivity contribution in [1.29, 1.82) is 0 Å². The van der Waals surface area contributed by atoms with E-state index in [9.17, 15) is 4.79 Å². The molecule has 134 valence electrons. The van der Waals surface area contributed by atoms with E-state index in [2.05, 4.69) is 40.8 Å². The Morgan fingerprint density at radius 2 is 1.88 bits per heavy atom. The van der Waals surface area contributed by atoms with E-state index >= 15 is 0 Å². The number of hydrogen-bond acceptors (Lipinski definition) is 5. The highest BCUT2D eigenvalue weighted by atomic mass is 16.2. The van der Waals surface area contributed by atoms with Gasteiger partial charge in [0.05, 0.1) is 5.69 Å². The molecule has 1 fully saturated rings. The fourth-order valence-electron chi connectivity index (χ4n) is 2.80. The van der Waals surface area contributed by atoms with E-state index < -0.39 is 0 Å². The normalized spacial score (nSPS) is 16.1. The first-order valence-corrected chi connectivity index (χ1v) is 8.78. The number of hydrogen-bond donors (Lipinski definition) is 0. The molecule has 0 N–H and O–H groups in total. The van der Waals surface area contributed by atoms with Gasteiger partial charge >= 0.3 is 0 Å². The van der Waals surface area contributed by atoms with Gasteiger partial charge in [0.25, 0.3) is 0 Å². The Balaban J connectivity index is 1.83. The summed E-state index contributed by atoms with van der Waals surface area (Å²) in [6.45, 7) is 7.17. The van der Waals surface area contributed by atoms with Crippen LogP contribution in [0, 0.1) is 0 Å². The smallest absolute Gasteiger partial charge is 0.223 e. The van der Waals surface area contributed by atoms with Gasteiger partial charge in [-0.15, -0.1) is 0 Å². The van der Waals surface area contributed by atoms with E-state index in [0.29, 0.717) is 6.42 Å². The molecule has 0 aromatic carbocycles. The summed E-state index contributed by atoms with van der Waals surface area (Å²) >= 11 is 0. The van der Waals surface area contributed by atoms with E-state index in [-0.39, 0.29) is 5.91 Å². The quantitative estimate of drug-likeness (QED) is 0.697. The lowest BCUT2D eigenvalue weighted by Crippen LogP contribution is -2.47. The minimum absolute atomic E-state index is 0.277. The van der Waals surface area contributed by atoms with Crippen molar-refractivity contribution in [2.75, 3.05) is 67.0 Å². The maximum Gasteiger partial charge on any atom is 0.223 e. The minimum Gasteiger partial charge on any atom is -0.340 e. The van der Waals surface area contributed by atoms with Crippen molar-refractivity contribution >= 4 is 5.91 Å². The van der Waals surface area contributed by atoms with Crippen molar-refractivity contribution in [3.63, 3.8) is 0 Å². The Morgan fingerprint density at radius 3 is 2.50 bits per heavy atom. The lowest BCUT2D eigenvalue weighted by Gasteiger charge is -2.33. The summed E-state index contributed by atoms with van der Waals surface area (Å²) in [6, 6.07) is 6.00. The van der Waals surface area contributed by atoms with Crippen molar-refractivity contribution in [3.8, 4) is 0 Å². The van der Waals surface area contributed by atoms with Crippen LogP contribution in [0.5, 0.6) is 0 Å². The van der Waals surface area contributed by atoms with Crippen LogP contribution in [0.4, 0.5) is 0 Å². The molecule has 0 spiro atoms. The van der Waals surface area contributed by atoms with Crippen LogP contribution in [0.1, 0.15) is 12.1 Å². The summed E-state index contributed by atoms with van der Waals surface area (Å²) < 4.78 is 0. The van der Waals surface area contributed by atoms with Gasteiger partial charge in [0, 0.05) is 65.0 Å². The standard InChI is InChI=1S/C18H31N5O/c1-20(2)10-13-22(16-17-6-4-5-8-19-17)9-7-18(24)23-14-11-21(3)12-15-23/h4-6,8H,7,9-16H2,1-3H3. The van der Waals surface area contributed by atoms with Crippen LogP contribution in [0.3, 0.4) is 0 Å². The number of likely N-dealkylation sites (N-methyl/N-ethyl adjacent to an activating group) is 2. The fraction of sp³-hybridized carbons (Fsp3) is 0.667. The molecule has 0 saturated carbocycles. The Hall–Kier alpha value is -1.50. The van der Waals surface area contributed by atoms with Gasteiger partial charge in [0.2, 0.25) is 5.91 Å². The van der Waals surface area contributed by atoms with Crippen molar-refractivity contribution in [3.05, 3.63) is 30.1 Å². The van der Waals surface area contributed by atoms with E-state index in [0.717, 1.165) is 58.1 Å². The molecular weight excluding hydrogens is 302 g/mol. The first-order chi connectivity index (χ1) is 11.5. The van der Waals surface area contributed by atoms with Gasteiger partial charge in [0.15, 0.2) is 0 Å². The predicted octanol–water partition coefficient (Wildman–Crippen LogP) is 0.609. The number of pyridine rings is 1. The predicted molar refractivity (Wildman–Crippen MR) is 96.8 cm³/mol. The Kier molecular flexibility index (Phi) is 7.62. The summed E-state index contributed by atoms with van der Waals surface area (Å²) in [6.07, 6.45) is 2.42. The van der Waals surface area contributed by atoms with Crippen molar-refractivity contribution in [1.82, 2.24) is 24.6 Å². The molecule has 2 rings (SSSR count). The molecule has 1 aliphatic rings. The number of carbonyl (C=O) groups excluding carboxylic acids is 1. The molecule has 1 amide bonds. The Labute approximate surface area is 146 Å². The van der Waals surface area contributed by atoms with E-state index in [4.69, 9.17) is 0 Å². The number of carbonyl (C=O) groups is 1. The number of amides is 1. The number of aromatic nitrogens is 1. The first-order valence-electron chi connectivity index (χ1n) is 8.78. The molecule has 24 heavy (non-hydrogen) atoms. The largest absolute Gasteiger partial charge is 0.340 e. The number of piperazine rings is 1. The van der Waals surface area contributed by atoms with Crippen LogP contribution >= 0.6 is 0 Å².